The Balaban J connectivity index is 1.44. The summed E-state index contributed by atoms with van der Waals surface area (Å²) in [5.74, 6) is 0. The Bertz CT molecular complexity index is 1290. The molecule has 4 nitrogen and oxygen atoms in total. The zero-order valence-electron chi connectivity index (χ0n) is 21.5. The van der Waals surface area contributed by atoms with Gasteiger partial charge in [0, 0.05) is 31.4 Å². The quantitative estimate of drug-likeness (QED) is 0.277. The molecule has 1 unspecified atom stereocenters. The minimum absolute atomic E-state index is 0.0343. The summed E-state index contributed by atoms with van der Waals surface area (Å²) in [7, 11) is 0. The second kappa shape index (κ2) is 11.1. The molecule has 1 aliphatic heterocycles. The van der Waals surface area contributed by atoms with Gasteiger partial charge in [0.1, 0.15) is 0 Å². The van der Waals surface area contributed by atoms with Gasteiger partial charge in [-0.1, -0.05) is 73.2 Å². The summed E-state index contributed by atoms with van der Waals surface area (Å²) >= 11 is 0. The van der Waals surface area contributed by atoms with Crippen molar-refractivity contribution >= 4 is 33.3 Å². The van der Waals surface area contributed by atoms with Gasteiger partial charge in [0.2, 0.25) is 0 Å². The van der Waals surface area contributed by atoms with Crippen molar-refractivity contribution in [2.75, 3.05) is 25.0 Å². The van der Waals surface area contributed by atoms with Gasteiger partial charge in [0.05, 0.1) is 0 Å². The van der Waals surface area contributed by atoms with E-state index in [0.717, 1.165) is 30.8 Å². The van der Waals surface area contributed by atoms with E-state index in [2.05, 4.69) is 71.7 Å². The third-order valence-corrected chi connectivity index (χ3v) is 7.72. The van der Waals surface area contributed by atoms with Crippen LogP contribution >= 0.6 is 0 Å². The lowest BCUT2D eigenvalue weighted by molar-refractivity contribution is 0.150. The van der Waals surface area contributed by atoms with E-state index in [-0.39, 0.29) is 6.03 Å². The molecule has 4 aromatic carbocycles. The fourth-order valence-electron chi connectivity index (χ4n) is 5.58. The zero-order valence-corrected chi connectivity index (χ0v) is 21.5. The maximum Gasteiger partial charge on any atom is 0.322 e. The van der Waals surface area contributed by atoms with E-state index in [4.69, 9.17) is 0 Å². The Morgan fingerprint density at radius 2 is 1.61 bits per heavy atom. The van der Waals surface area contributed by atoms with Crippen molar-refractivity contribution in [1.82, 2.24) is 9.80 Å². The first-order chi connectivity index (χ1) is 17.6. The van der Waals surface area contributed by atoms with Gasteiger partial charge in [0.15, 0.2) is 0 Å². The van der Waals surface area contributed by atoms with Crippen molar-refractivity contribution in [3.8, 4) is 0 Å². The number of carbonyl (C=O) groups excluding carboxylic acids is 1. The largest absolute Gasteiger partial charge is 0.322 e. The molecule has 0 saturated carbocycles. The Labute approximate surface area is 214 Å². The standard InChI is InChI=1S/C32H37N3O/c1-24-12-3-8-18-31(24)33-32(36)35(21-11-20-34-19-10-9-13-25(34)2)23-30-28-16-6-4-14-26(28)22-27-15-5-7-17-29(27)30/h3-8,12,14-18,22,25H,9-11,13,19-21,23H2,1-2H3,(H,33,36). The van der Waals surface area contributed by atoms with Crippen LogP contribution in [0, 0.1) is 6.92 Å². The van der Waals surface area contributed by atoms with Crippen LogP contribution in [-0.4, -0.2) is 41.5 Å². The molecule has 36 heavy (non-hydrogen) atoms. The minimum atomic E-state index is -0.0343. The molecule has 5 rings (SSSR count). The molecule has 0 spiro atoms. The fraction of sp³-hybridized carbons (Fsp3) is 0.344. The van der Waals surface area contributed by atoms with Crippen molar-refractivity contribution in [2.45, 2.75) is 52.1 Å². The molecule has 1 N–H and O–H groups in total. The summed E-state index contributed by atoms with van der Waals surface area (Å²) in [6.07, 6.45) is 4.86. The van der Waals surface area contributed by atoms with E-state index in [1.165, 1.54) is 52.9 Å². The number of amides is 2. The van der Waals surface area contributed by atoms with Gasteiger partial charge in [0.25, 0.3) is 0 Å². The second-order valence-electron chi connectivity index (χ2n) is 10.2. The van der Waals surface area contributed by atoms with E-state index >= 15 is 0 Å². The molecule has 4 aromatic rings. The average Bonchev–Trinajstić information content (AvgIpc) is 2.90. The molecule has 0 aromatic heterocycles. The monoisotopic (exact) mass is 479 g/mol. The SMILES string of the molecule is Cc1ccccc1NC(=O)N(CCCN1CCCCC1C)Cc1c2ccccc2cc2ccccc12. The number of nitrogens with zero attached hydrogens (tertiary/aromatic N) is 2. The third kappa shape index (κ3) is 5.39. The van der Waals surface area contributed by atoms with E-state index in [1.54, 1.807) is 0 Å². The number of carbonyl (C=O) groups is 1. The molecule has 0 aliphatic carbocycles. The van der Waals surface area contributed by atoms with Gasteiger partial charge in [-0.3, -0.25) is 0 Å². The molecule has 0 bridgehead atoms. The van der Waals surface area contributed by atoms with Crippen molar-refractivity contribution in [3.63, 3.8) is 0 Å². The molecule has 2 amide bonds. The highest BCUT2D eigenvalue weighted by atomic mass is 16.2. The molecular weight excluding hydrogens is 442 g/mol. The molecule has 186 valence electrons. The lowest BCUT2D eigenvalue weighted by Crippen LogP contribution is -2.41. The first-order valence-electron chi connectivity index (χ1n) is 13.3. The summed E-state index contributed by atoms with van der Waals surface area (Å²) in [6, 6.07) is 27.9. The number of rotatable bonds is 7. The third-order valence-electron chi connectivity index (χ3n) is 7.72. The number of benzene rings is 4. The predicted octanol–water partition coefficient (Wildman–Crippen LogP) is 7.60. The molecule has 1 heterocycles. The normalized spacial score (nSPS) is 16.3. The zero-order chi connectivity index (χ0) is 24.9. The van der Waals surface area contributed by atoms with Gasteiger partial charge >= 0.3 is 6.03 Å². The molecule has 1 saturated heterocycles. The summed E-state index contributed by atoms with van der Waals surface area (Å²) in [4.78, 5) is 18.3. The van der Waals surface area contributed by atoms with E-state index in [1.807, 2.05) is 36.1 Å². The number of nitrogens with one attached hydrogen (secondary N) is 1. The van der Waals surface area contributed by atoms with Gasteiger partial charge in [-0.05, 0) is 84.5 Å². The lowest BCUT2D eigenvalue weighted by atomic mass is 9.96. The van der Waals surface area contributed by atoms with E-state index in [9.17, 15) is 4.79 Å². The number of hydrogen-bond donors (Lipinski definition) is 1. The number of hydrogen-bond acceptors (Lipinski definition) is 2. The number of piperidine rings is 1. The minimum Gasteiger partial charge on any atom is -0.320 e. The van der Waals surface area contributed by atoms with Crippen LogP contribution in [0.5, 0.6) is 0 Å². The average molecular weight is 480 g/mol. The van der Waals surface area contributed by atoms with Crippen LogP contribution in [0.2, 0.25) is 0 Å². The predicted molar refractivity (Wildman–Crippen MR) is 152 cm³/mol. The fourth-order valence-corrected chi connectivity index (χ4v) is 5.58. The Kier molecular flexibility index (Phi) is 7.52. The number of likely N-dealkylation sites (tertiary alicyclic amines) is 1. The maximum absolute atomic E-state index is 13.7. The van der Waals surface area contributed by atoms with Gasteiger partial charge < -0.3 is 15.1 Å². The second-order valence-corrected chi connectivity index (χ2v) is 10.2. The van der Waals surface area contributed by atoms with Gasteiger partial charge in [-0.25, -0.2) is 4.79 Å². The first-order valence-corrected chi connectivity index (χ1v) is 13.3. The number of fused-ring (bicyclic) bond motifs is 2. The van der Waals surface area contributed by atoms with Crippen LogP contribution in [0.15, 0.2) is 78.9 Å². The molecule has 1 fully saturated rings. The van der Waals surface area contributed by atoms with Crippen molar-refractivity contribution < 1.29 is 4.79 Å². The smallest absolute Gasteiger partial charge is 0.320 e. The molecule has 0 radical (unpaired) electrons. The number of aryl methyl sites for hydroxylation is 1. The van der Waals surface area contributed by atoms with Crippen molar-refractivity contribution in [3.05, 3.63) is 90.0 Å². The van der Waals surface area contributed by atoms with Crippen LogP contribution in [0.1, 0.15) is 43.7 Å². The molecule has 4 heteroatoms. The lowest BCUT2D eigenvalue weighted by Gasteiger charge is -2.34. The molecular formula is C32H37N3O. The number of anilines is 1. The first kappa shape index (κ1) is 24.3. The van der Waals surface area contributed by atoms with Crippen LogP contribution in [-0.2, 0) is 6.54 Å². The van der Waals surface area contributed by atoms with E-state index in [0.29, 0.717) is 12.6 Å². The van der Waals surface area contributed by atoms with Gasteiger partial charge in [-0.15, -0.1) is 0 Å². The Hall–Kier alpha value is -3.37. The topological polar surface area (TPSA) is 35.6 Å². The van der Waals surface area contributed by atoms with Crippen LogP contribution in [0.4, 0.5) is 10.5 Å². The van der Waals surface area contributed by atoms with Gasteiger partial charge in [-0.2, -0.15) is 0 Å². The van der Waals surface area contributed by atoms with E-state index < -0.39 is 0 Å². The van der Waals surface area contributed by atoms with Crippen LogP contribution in [0.3, 0.4) is 0 Å². The maximum atomic E-state index is 13.7. The number of urea groups is 1. The van der Waals surface area contributed by atoms with Crippen LogP contribution < -0.4 is 5.32 Å². The highest BCUT2D eigenvalue weighted by molar-refractivity contribution is 6.02. The highest BCUT2D eigenvalue weighted by Gasteiger charge is 2.21. The Morgan fingerprint density at radius 1 is 0.944 bits per heavy atom. The summed E-state index contributed by atoms with van der Waals surface area (Å²) < 4.78 is 0. The summed E-state index contributed by atoms with van der Waals surface area (Å²) in [5.41, 5.74) is 3.17. The molecule has 1 atom stereocenters. The van der Waals surface area contributed by atoms with Crippen molar-refractivity contribution in [1.29, 1.82) is 0 Å². The summed E-state index contributed by atoms with van der Waals surface area (Å²) in [6.45, 7) is 7.88. The van der Waals surface area contributed by atoms with Crippen molar-refractivity contribution in [2.24, 2.45) is 0 Å². The van der Waals surface area contributed by atoms with Crippen LogP contribution in [0.25, 0.3) is 21.5 Å². The molecule has 1 aliphatic rings. The summed E-state index contributed by atoms with van der Waals surface area (Å²) in [5, 5.41) is 8.06. The Morgan fingerprint density at radius 3 is 2.31 bits per heavy atom. The number of para-hydroxylation sites is 1. The highest BCUT2D eigenvalue weighted by Crippen LogP contribution is 2.30.